The molecular weight excluding hydrogens is 266 g/mol. The van der Waals surface area contributed by atoms with Gasteiger partial charge in [0, 0.05) is 18.0 Å². The number of benzene rings is 1. The summed E-state index contributed by atoms with van der Waals surface area (Å²) in [6.07, 6.45) is 0. The first-order valence-corrected chi connectivity index (χ1v) is 7.10. The van der Waals surface area contributed by atoms with E-state index >= 15 is 0 Å². The molecule has 0 aliphatic carbocycles. The maximum absolute atomic E-state index is 5.86. The summed E-state index contributed by atoms with van der Waals surface area (Å²) in [5.41, 5.74) is 1.21. The van der Waals surface area contributed by atoms with Gasteiger partial charge in [-0.25, -0.2) is 0 Å². The van der Waals surface area contributed by atoms with Gasteiger partial charge in [-0.2, -0.15) is 0 Å². The lowest BCUT2D eigenvalue weighted by atomic mass is 10.2. The molecule has 0 spiro atoms. The maximum atomic E-state index is 5.86. The molecule has 0 amide bonds. The molecule has 4 heteroatoms. The highest BCUT2D eigenvalue weighted by Gasteiger charge is 1.97. The van der Waals surface area contributed by atoms with Crippen molar-refractivity contribution in [1.82, 2.24) is 5.32 Å². The summed E-state index contributed by atoms with van der Waals surface area (Å²) in [7, 11) is 0. The largest absolute Gasteiger partial charge is 0.375 e. The first-order valence-electron chi connectivity index (χ1n) is 5.91. The molecule has 0 saturated heterocycles. The zero-order chi connectivity index (χ0) is 12.6. The topological polar surface area (TPSA) is 21.3 Å². The lowest BCUT2D eigenvalue weighted by molar-refractivity contribution is 0.122. The van der Waals surface area contributed by atoms with Gasteiger partial charge in [0.15, 0.2) is 0 Å². The second-order valence-electron chi connectivity index (χ2n) is 3.92. The van der Waals surface area contributed by atoms with E-state index in [1.54, 1.807) is 11.3 Å². The highest BCUT2D eigenvalue weighted by atomic mass is 35.5. The van der Waals surface area contributed by atoms with Crippen LogP contribution in [0.25, 0.3) is 0 Å². The molecule has 0 saturated carbocycles. The number of hydrogen-bond acceptors (Lipinski definition) is 3. The molecule has 1 N–H and O–H groups in total. The van der Waals surface area contributed by atoms with Gasteiger partial charge in [-0.1, -0.05) is 41.9 Å². The average Bonchev–Trinajstić information content (AvgIpc) is 2.81. The van der Waals surface area contributed by atoms with Crippen molar-refractivity contribution in [2.75, 3.05) is 13.2 Å². The quantitative estimate of drug-likeness (QED) is 0.781. The molecule has 1 heterocycles. The minimum atomic E-state index is 0.674. The molecule has 1 aromatic carbocycles. The Bertz CT molecular complexity index is 458. The van der Waals surface area contributed by atoms with Crippen LogP contribution < -0.4 is 5.32 Å². The van der Waals surface area contributed by atoms with Gasteiger partial charge in [-0.15, -0.1) is 11.3 Å². The summed E-state index contributed by atoms with van der Waals surface area (Å²) in [4.78, 5) is 1.25. The maximum Gasteiger partial charge on any atom is 0.0931 e. The van der Waals surface area contributed by atoms with E-state index in [1.807, 2.05) is 30.3 Å². The zero-order valence-electron chi connectivity index (χ0n) is 10.1. The Hall–Kier alpha value is -0.870. The first-order chi connectivity index (χ1) is 8.84. The average molecular weight is 282 g/mol. The number of nitrogens with one attached hydrogen (secondary N) is 1. The number of halogens is 1. The molecule has 0 fully saturated rings. The van der Waals surface area contributed by atoms with Crippen LogP contribution in [0.4, 0.5) is 0 Å². The van der Waals surface area contributed by atoms with Crippen molar-refractivity contribution in [1.29, 1.82) is 0 Å². The van der Waals surface area contributed by atoms with Crippen LogP contribution in [-0.2, 0) is 17.9 Å². The third-order valence-corrected chi connectivity index (χ3v) is 3.69. The molecule has 2 rings (SSSR count). The van der Waals surface area contributed by atoms with Crippen molar-refractivity contribution in [3.8, 4) is 0 Å². The van der Waals surface area contributed by atoms with Crippen molar-refractivity contribution in [3.63, 3.8) is 0 Å². The Morgan fingerprint density at radius 2 is 1.94 bits per heavy atom. The van der Waals surface area contributed by atoms with E-state index < -0.39 is 0 Å². The Morgan fingerprint density at radius 3 is 2.67 bits per heavy atom. The molecule has 18 heavy (non-hydrogen) atoms. The minimum absolute atomic E-state index is 0.674. The monoisotopic (exact) mass is 281 g/mol. The summed E-state index contributed by atoms with van der Waals surface area (Å²) in [6, 6.07) is 14.2. The van der Waals surface area contributed by atoms with Crippen LogP contribution in [0, 0.1) is 0 Å². The fourth-order valence-electron chi connectivity index (χ4n) is 1.57. The smallest absolute Gasteiger partial charge is 0.0931 e. The summed E-state index contributed by atoms with van der Waals surface area (Å²) in [5, 5.41) is 3.33. The summed E-state index contributed by atoms with van der Waals surface area (Å²) in [6.45, 7) is 3.09. The third kappa shape index (κ3) is 4.78. The van der Waals surface area contributed by atoms with Crippen LogP contribution in [-0.4, -0.2) is 13.2 Å². The van der Waals surface area contributed by atoms with Crippen molar-refractivity contribution in [3.05, 3.63) is 57.2 Å². The second-order valence-corrected chi connectivity index (χ2v) is 5.72. The van der Waals surface area contributed by atoms with E-state index in [-0.39, 0.29) is 0 Å². The molecule has 2 aromatic rings. The van der Waals surface area contributed by atoms with Gasteiger partial charge >= 0.3 is 0 Å². The third-order valence-electron chi connectivity index (χ3n) is 2.46. The van der Waals surface area contributed by atoms with Gasteiger partial charge in [0.1, 0.15) is 0 Å². The van der Waals surface area contributed by atoms with E-state index in [0.717, 1.165) is 17.4 Å². The molecule has 0 unspecified atom stereocenters. The van der Waals surface area contributed by atoms with E-state index in [2.05, 4.69) is 17.4 Å². The van der Waals surface area contributed by atoms with Crippen LogP contribution >= 0.6 is 22.9 Å². The van der Waals surface area contributed by atoms with Crippen LogP contribution in [0.5, 0.6) is 0 Å². The first kappa shape index (κ1) is 13.6. The van der Waals surface area contributed by atoms with Gasteiger partial charge < -0.3 is 10.1 Å². The van der Waals surface area contributed by atoms with Crippen LogP contribution in [0.1, 0.15) is 10.4 Å². The Labute approximate surface area is 117 Å². The number of thiophene rings is 1. The fourth-order valence-corrected chi connectivity index (χ4v) is 2.62. The van der Waals surface area contributed by atoms with Crippen molar-refractivity contribution in [2.45, 2.75) is 13.2 Å². The molecule has 96 valence electrons. The predicted molar refractivity (Wildman–Crippen MR) is 77.1 cm³/mol. The lowest BCUT2D eigenvalue weighted by Gasteiger charge is -2.05. The fraction of sp³-hybridized carbons (Fsp3) is 0.286. The van der Waals surface area contributed by atoms with E-state index in [0.29, 0.717) is 13.2 Å². The van der Waals surface area contributed by atoms with Gasteiger partial charge in [0.25, 0.3) is 0 Å². The predicted octanol–water partition coefficient (Wildman–Crippen LogP) is 3.71. The summed E-state index contributed by atoms with van der Waals surface area (Å²) in [5.74, 6) is 0. The molecule has 0 aliphatic heterocycles. The Morgan fingerprint density at radius 1 is 1.11 bits per heavy atom. The van der Waals surface area contributed by atoms with E-state index in [1.165, 1.54) is 10.4 Å². The number of rotatable bonds is 7. The summed E-state index contributed by atoms with van der Waals surface area (Å²) < 4.78 is 6.42. The number of hydrogen-bond donors (Lipinski definition) is 1. The standard InChI is InChI=1S/C14H16ClNOS/c15-14-7-6-13(18-14)10-16-8-9-17-11-12-4-2-1-3-5-12/h1-7,16H,8-11H2. The molecule has 0 atom stereocenters. The van der Waals surface area contributed by atoms with Gasteiger partial charge in [0.2, 0.25) is 0 Å². The molecular formula is C14H16ClNOS. The zero-order valence-corrected chi connectivity index (χ0v) is 11.6. The van der Waals surface area contributed by atoms with Crippen molar-refractivity contribution in [2.24, 2.45) is 0 Å². The SMILES string of the molecule is Clc1ccc(CNCCOCc2ccccc2)s1. The van der Waals surface area contributed by atoms with Crippen molar-refractivity contribution >= 4 is 22.9 Å². The minimum Gasteiger partial charge on any atom is -0.375 e. The molecule has 0 bridgehead atoms. The van der Waals surface area contributed by atoms with E-state index in [4.69, 9.17) is 16.3 Å². The van der Waals surface area contributed by atoms with Crippen LogP contribution in [0.3, 0.4) is 0 Å². The highest BCUT2D eigenvalue weighted by Crippen LogP contribution is 2.20. The normalized spacial score (nSPS) is 10.7. The van der Waals surface area contributed by atoms with Gasteiger partial charge in [-0.05, 0) is 17.7 Å². The highest BCUT2D eigenvalue weighted by molar-refractivity contribution is 7.16. The number of ether oxygens (including phenoxy) is 1. The Kier molecular flexibility index (Phi) is 5.68. The lowest BCUT2D eigenvalue weighted by Crippen LogP contribution is -2.18. The van der Waals surface area contributed by atoms with Crippen LogP contribution in [0.15, 0.2) is 42.5 Å². The molecule has 2 nitrogen and oxygen atoms in total. The van der Waals surface area contributed by atoms with Crippen molar-refractivity contribution < 1.29 is 4.74 Å². The summed E-state index contributed by atoms with van der Waals surface area (Å²) >= 11 is 7.47. The van der Waals surface area contributed by atoms with Gasteiger partial charge in [0.05, 0.1) is 17.6 Å². The molecule has 0 radical (unpaired) electrons. The van der Waals surface area contributed by atoms with E-state index in [9.17, 15) is 0 Å². The molecule has 0 aliphatic rings. The second kappa shape index (κ2) is 7.54. The van der Waals surface area contributed by atoms with Crippen LogP contribution in [0.2, 0.25) is 4.34 Å². The Balaban J connectivity index is 1.54. The molecule has 1 aromatic heterocycles. The van der Waals surface area contributed by atoms with Gasteiger partial charge in [-0.3, -0.25) is 0 Å².